The number of carbonyl (C=O) groups excluding carboxylic acids is 10. The van der Waals surface area contributed by atoms with Crippen LogP contribution < -0.4 is 54.4 Å². The molecule has 3 heterocycles. The van der Waals surface area contributed by atoms with Crippen molar-refractivity contribution in [1.82, 2.24) is 47.1 Å². The highest BCUT2D eigenvalue weighted by atomic mass is 33.1. The van der Waals surface area contributed by atoms with Crippen molar-refractivity contribution in [3.63, 3.8) is 0 Å². The fourth-order valence-corrected chi connectivity index (χ4v) is 12.7. The van der Waals surface area contributed by atoms with E-state index in [1.165, 1.54) is 33.4 Å². The van der Waals surface area contributed by atoms with E-state index in [0.717, 1.165) is 35.7 Å². The van der Waals surface area contributed by atoms with Crippen LogP contribution in [0.5, 0.6) is 0 Å². The molecule has 2 aromatic rings. The van der Waals surface area contributed by atoms with E-state index in [9.17, 15) is 53.1 Å². The fourth-order valence-electron chi connectivity index (χ4n) is 9.36. The molecular formula is C48H72N12O11S2. The van der Waals surface area contributed by atoms with E-state index in [2.05, 4.69) is 42.2 Å². The zero-order valence-corrected chi connectivity index (χ0v) is 43.3. The molecule has 25 heteroatoms. The molecule has 0 unspecified atom stereocenters. The van der Waals surface area contributed by atoms with Crippen LogP contribution in [0.15, 0.2) is 30.5 Å². The van der Waals surface area contributed by atoms with Crippen molar-refractivity contribution in [1.29, 1.82) is 0 Å². The summed E-state index contributed by atoms with van der Waals surface area (Å²) in [5.74, 6) is -8.60. The molecule has 2 saturated heterocycles. The molecule has 0 radical (unpaired) electrons. The van der Waals surface area contributed by atoms with Crippen molar-refractivity contribution in [3.05, 3.63) is 36.0 Å². The Bertz CT molecular complexity index is 2330. The minimum atomic E-state index is -1.74. The van der Waals surface area contributed by atoms with Crippen LogP contribution in [-0.4, -0.2) is 153 Å². The number of nitrogens with one attached hydrogen (secondary N) is 8. The molecule has 402 valence electrons. The Balaban J connectivity index is 1.52. The van der Waals surface area contributed by atoms with Crippen molar-refractivity contribution in [2.24, 2.45) is 23.1 Å². The van der Waals surface area contributed by atoms with Crippen LogP contribution in [0, 0.1) is 5.92 Å². The van der Waals surface area contributed by atoms with E-state index < -0.39 is 131 Å². The third kappa shape index (κ3) is 16.3. The van der Waals surface area contributed by atoms with Gasteiger partial charge >= 0.3 is 0 Å². The molecule has 15 N–H and O–H groups in total. The number of rotatable bonds is 16. The highest BCUT2D eigenvalue weighted by Crippen LogP contribution is 2.48. The molecule has 1 spiro atoms. The molecule has 73 heavy (non-hydrogen) atoms. The van der Waals surface area contributed by atoms with Gasteiger partial charge in [-0.3, -0.25) is 47.9 Å². The van der Waals surface area contributed by atoms with E-state index >= 15 is 0 Å². The normalized spacial score (nSPS) is 24.9. The average Bonchev–Trinajstić information content (AvgIpc) is 4.01. The molecule has 10 amide bonds. The SMILES string of the molecule is CC[C@H](C)[C@@H]1NC(=O)[C@@H](Cc2c[nH]c3ccccc23)NC(=O)CC2(CCCCC2)SSC[C@H](C(=O)N2CCC[C@H]2C(=O)N[C@@H](CCCN)C(=O)NCC(N)=O)NC(=O)[C@H](CC(N)=O)NC(=O)[C@H]([C@@H](C)O)NC1=O. The van der Waals surface area contributed by atoms with Crippen LogP contribution >= 0.6 is 21.6 Å². The number of aromatic amines is 1. The van der Waals surface area contributed by atoms with E-state index in [4.69, 9.17) is 17.2 Å². The van der Waals surface area contributed by atoms with Gasteiger partial charge in [-0.1, -0.05) is 79.3 Å². The van der Waals surface area contributed by atoms with Gasteiger partial charge < -0.3 is 69.4 Å². The Hall–Kier alpha value is -5.92. The number of benzene rings is 1. The summed E-state index contributed by atoms with van der Waals surface area (Å²) in [6.07, 6.45) is 4.49. The van der Waals surface area contributed by atoms with E-state index in [0.29, 0.717) is 32.1 Å². The van der Waals surface area contributed by atoms with Crippen molar-refractivity contribution in [3.8, 4) is 0 Å². The second kappa shape index (κ2) is 27.4. The summed E-state index contributed by atoms with van der Waals surface area (Å²) in [4.78, 5) is 142. The Labute approximate surface area is 432 Å². The summed E-state index contributed by atoms with van der Waals surface area (Å²) in [6, 6.07) is -2.08. The maximum atomic E-state index is 14.8. The minimum Gasteiger partial charge on any atom is -0.391 e. The topological polar surface area (TPSA) is 372 Å². The van der Waals surface area contributed by atoms with Gasteiger partial charge in [0.1, 0.15) is 42.3 Å². The zero-order chi connectivity index (χ0) is 53.4. The lowest BCUT2D eigenvalue weighted by Crippen LogP contribution is -2.63. The summed E-state index contributed by atoms with van der Waals surface area (Å²) in [5, 5.41) is 30.2. The number of nitrogens with two attached hydrogens (primary N) is 3. The molecule has 5 rings (SSSR count). The van der Waals surface area contributed by atoms with Crippen LogP contribution in [0.25, 0.3) is 10.9 Å². The highest BCUT2D eigenvalue weighted by molar-refractivity contribution is 8.77. The predicted octanol–water partition coefficient (Wildman–Crippen LogP) is -1.26. The molecule has 2 aliphatic heterocycles. The maximum Gasteiger partial charge on any atom is 0.246 e. The quantitative estimate of drug-likeness (QED) is 0.0874. The number of primary amides is 2. The van der Waals surface area contributed by atoms with E-state index in [-0.39, 0.29) is 44.5 Å². The number of para-hydroxylation sites is 1. The zero-order valence-electron chi connectivity index (χ0n) is 41.6. The molecule has 23 nitrogen and oxygen atoms in total. The summed E-state index contributed by atoms with van der Waals surface area (Å²) >= 11 is 0. The van der Waals surface area contributed by atoms with Crippen molar-refractivity contribution in [2.45, 2.75) is 157 Å². The van der Waals surface area contributed by atoms with Gasteiger partial charge in [0.05, 0.1) is 19.1 Å². The third-order valence-electron chi connectivity index (χ3n) is 13.6. The molecular weight excluding hydrogens is 985 g/mol. The van der Waals surface area contributed by atoms with Gasteiger partial charge in [-0.2, -0.15) is 0 Å². The first-order chi connectivity index (χ1) is 34.8. The van der Waals surface area contributed by atoms with E-state index in [1.807, 2.05) is 24.3 Å². The van der Waals surface area contributed by atoms with Gasteiger partial charge in [0.25, 0.3) is 0 Å². The number of carbonyl (C=O) groups is 10. The second-order valence-electron chi connectivity index (χ2n) is 19.2. The fraction of sp³-hybridized carbons (Fsp3) is 0.625. The molecule has 9 atom stereocenters. The summed E-state index contributed by atoms with van der Waals surface area (Å²) in [7, 11) is 2.57. The standard InChI is InChI=1S/C48H72N12O11S2/c1-4-26(2)39-45(69)59-40(27(3)61)46(70)56-33(21-36(50)62)42(66)57-34(47(71)60-19-11-15-35(60)44(68)55-31(14-10-18-49)41(65)53-24-37(51)63)25-72-73-48(16-8-5-9-17-48)22-38(64)54-32(43(67)58-39)20-28-23-52-30-13-7-6-12-29(28)30/h6-7,12-13,23,26-27,31-35,39-40,52,61H,4-5,8-11,14-22,24-25,49H2,1-3H3,(H2,50,62)(H2,51,63)(H,53,65)(H,54,64)(H,55,68)(H,56,70)(H,57,66)(H,58,67)(H,59,69)/t26-,27+,31-,32+,33-,34+,35-,39-,40-/m0/s1. The lowest BCUT2D eigenvalue weighted by Gasteiger charge is -2.37. The number of likely N-dealkylation sites (tertiary alicyclic amines) is 1. The summed E-state index contributed by atoms with van der Waals surface area (Å²) in [6.45, 7) is 4.53. The number of hydrogen-bond donors (Lipinski definition) is 12. The number of aromatic nitrogens is 1. The van der Waals surface area contributed by atoms with Crippen LogP contribution in [0.3, 0.4) is 0 Å². The average molecular weight is 1060 g/mol. The lowest BCUT2D eigenvalue weighted by molar-refractivity contribution is -0.142. The third-order valence-corrected chi connectivity index (χ3v) is 16.9. The van der Waals surface area contributed by atoms with E-state index in [1.54, 1.807) is 20.0 Å². The van der Waals surface area contributed by atoms with Crippen LogP contribution in [0.4, 0.5) is 0 Å². The van der Waals surface area contributed by atoms with Gasteiger partial charge in [0.15, 0.2) is 0 Å². The Morgan fingerprint density at radius 1 is 0.863 bits per heavy atom. The molecule has 1 aliphatic carbocycles. The first kappa shape index (κ1) is 58.0. The number of fused-ring (bicyclic) bond motifs is 1. The van der Waals surface area contributed by atoms with Crippen LogP contribution in [-0.2, 0) is 54.4 Å². The van der Waals surface area contributed by atoms with Gasteiger partial charge in [-0.25, -0.2) is 0 Å². The molecule has 1 aromatic heterocycles. The Morgan fingerprint density at radius 2 is 1.55 bits per heavy atom. The molecule has 3 aliphatic rings. The summed E-state index contributed by atoms with van der Waals surface area (Å²) < 4.78 is -0.700. The molecule has 1 aromatic carbocycles. The monoisotopic (exact) mass is 1060 g/mol. The number of amides is 10. The Kier molecular flexibility index (Phi) is 21.8. The number of aliphatic hydroxyl groups is 1. The number of H-pyrrole nitrogens is 1. The molecule has 3 fully saturated rings. The van der Waals surface area contributed by atoms with Gasteiger partial charge in [-0.15, -0.1) is 0 Å². The first-order valence-corrected chi connectivity index (χ1v) is 27.3. The van der Waals surface area contributed by atoms with Crippen molar-refractivity contribution >= 4 is 91.6 Å². The second-order valence-corrected chi connectivity index (χ2v) is 22.0. The largest absolute Gasteiger partial charge is 0.391 e. The van der Waals surface area contributed by atoms with Crippen LogP contribution in [0.2, 0.25) is 0 Å². The van der Waals surface area contributed by atoms with Gasteiger partial charge in [0.2, 0.25) is 59.1 Å². The maximum absolute atomic E-state index is 14.8. The number of nitrogens with zero attached hydrogens (tertiary/aromatic N) is 1. The predicted molar refractivity (Wildman–Crippen MR) is 274 cm³/mol. The molecule has 1 saturated carbocycles. The highest BCUT2D eigenvalue weighted by Gasteiger charge is 2.43. The van der Waals surface area contributed by atoms with Crippen molar-refractivity contribution in [2.75, 3.05) is 25.4 Å². The van der Waals surface area contributed by atoms with Crippen molar-refractivity contribution < 1.29 is 53.1 Å². The van der Waals surface area contributed by atoms with Gasteiger partial charge in [-0.05, 0) is 69.5 Å². The molecule has 0 bridgehead atoms. The van der Waals surface area contributed by atoms with Crippen LogP contribution in [0.1, 0.15) is 103 Å². The number of aliphatic hydroxyl groups excluding tert-OH is 1. The summed E-state index contributed by atoms with van der Waals surface area (Å²) in [5.41, 5.74) is 18.0. The number of hydrogen-bond acceptors (Lipinski definition) is 14. The first-order valence-electron chi connectivity index (χ1n) is 25.0. The minimum absolute atomic E-state index is 0.0297. The lowest BCUT2D eigenvalue weighted by atomic mass is 9.85. The van der Waals surface area contributed by atoms with Gasteiger partial charge in [0, 0.05) is 47.0 Å². The smallest absolute Gasteiger partial charge is 0.246 e. The Morgan fingerprint density at radius 3 is 2.22 bits per heavy atom.